The van der Waals surface area contributed by atoms with Crippen LogP contribution in [0.1, 0.15) is 48.2 Å². The molecule has 0 amide bonds. The number of hydrogen-bond donors (Lipinski definition) is 2. The van der Waals surface area contributed by atoms with Gasteiger partial charge in [0.05, 0.1) is 23.4 Å². The number of nitrogens with two attached hydrogens (primary N) is 1. The molecule has 0 bridgehead atoms. The van der Waals surface area contributed by atoms with Crippen LogP contribution in [0.2, 0.25) is 5.02 Å². The number of nitrogens with one attached hydrogen (secondary N) is 1. The molecular weight excluding hydrogens is 569 g/mol. The highest BCUT2D eigenvalue weighted by Crippen LogP contribution is 2.60. The molecule has 9 nitrogen and oxygen atoms in total. The van der Waals surface area contributed by atoms with Crippen molar-refractivity contribution in [3.05, 3.63) is 93.0 Å². The molecule has 210 valence electrons. The third-order valence-corrected chi connectivity index (χ3v) is 8.62. The second-order valence-corrected chi connectivity index (χ2v) is 11.2. The van der Waals surface area contributed by atoms with Gasteiger partial charge >= 0.3 is 0 Å². The first kappa shape index (κ1) is 25.0. The van der Waals surface area contributed by atoms with Gasteiger partial charge in [-0.25, -0.2) is 18.5 Å². The van der Waals surface area contributed by atoms with Gasteiger partial charge in [-0.3, -0.25) is 9.89 Å². The van der Waals surface area contributed by atoms with Gasteiger partial charge in [0.25, 0.3) is 12.0 Å². The highest BCUT2D eigenvalue weighted by Gasteiger charge is 2.55. The number of halogens is 4. The van der Waals surface area contributed by atoms with Gasteiger partial charge in [-0.15, -0.1) is 5.10 Å². The fourth-order valence-corrected chi connectivity index (χ4v) is 6.54. The number of nitrogens with zero attached hydrogens (tertiary/aromatic N) is 6. The van der Waals surface area contributed by atoms with E-state index in [1.54, 1.807) is 41.0 Å². The Morgan fingerprint density at radius 1 is 1.10 bits per heavy atom. The number of aromatic amines is 1. The van der Waals surface area contributed by atoms with E-state index >= 15 is 4.39 Å². The fourth-order valence-electron chi connectivity index (χ4n) is 6.37. The summed E-state index contributed by atoms with van der Waals surface area (Å²) in [5, 5.41) is 15.4. The number of nitrogen functional groups attached to an aromatic ring is 1. The molecular formula is C29H20ClF3N8O. The quantitative estimate of drug-likeness (QED) is 0.245. The first-order valence-electron chi connectivity index (χ1n) is 13.2. The van der Waals surface area contributed by atoms with Crippen LogP contribution in [0.15, 0.2) is 70.5 Å². The zero-order valence-corrected chi connectivity index (χ0v) is 22.4. The van der Waals surface area contributed by atoms with Gasteiger partial charge in [-0.05, 0) is 59.9 Å². The molecule has 42 heavy (non-hydrogen) atoms. The SMILES string of the molecule is Nc1n[nH]c2cc(C3=C(F)N=C([C@@H]4[C@H]5C[C@H]5c5cc(-c6cc(Cl)ccc6-n6cc(C(F)F)nn6)cc(=O)n54)C3)ccc12. The molecule has 0 spiro atoms. The predicted molar refractivity (Wildman–Crippen MR) is 151 cm³/mol. The van der Waals surface area contributed by atoms with Gasteiger partial charge in [-0.1, -0.05) is 22.9 Å². The van der Waals surface area contributed by atoms with Crippen LogP contribution < -0.4 is 11.3 Å². The highest BCUT2D eigenvalue weighted by molar-refractivity contribution is 6.31. The molecule has 3 aliphatic rings. The van der Waals surface area contributed by atoms with Crippen LogP contribution in [0, 0.1) is 5.92 Å². The van der Waals surface area contributed by atoms with E-state index in [2.05, 4.69) is 25.5 Å². The second kappa shape index (κ2) is 8.89. The number of pyridine rings is 1. The molecule has 8 rings (SSSR count). The molecule has 3 atom stereocenters. The Hall–Kier alpha value is -4.71. The molecule has 5 aromatic rings. The minimum absolute atomic E-state index is 0.126. The summed E-state index contributed by atoms with van der Waals surface area (Å²) < 4.78 is 44.6. The van der Waals surface area contributed by atoms with Crippen LogP contribution >= 0.6 is 11.6 Å². The maximum Gasteiger partial charge on any atom is 0.283 e. The van der Waals surface area contributed by atoms with Crippen molar-refractivity contribution in [3.63, 3.8) is 0 Å². The summed E-state index contributed by atoms with van der Waals surface area (Å²) in [6, 6.07) is 13.4. The van der Waals surface area contributed by atoms with Crippen molar-refractivity contribution in [1.29, 1.82) is 0 Å². The topological polar surface area (TPSA) is 120 Å². The third-order valence-electron chi connectivity index (χ3n) is 8.38. The molecule has 3 N–H and O–H groups in total. The number of benzene rings is 2. The first-order chi connectivity index (χ1) is 20.3. The molecule has 3 aromatic heterocycles. The zero-order chi connectivity index (χ0) is 28.9. The summed E-state index contributed by atoms with van der Waals surface area (Å²) in [6.45, 7) is 0. The number of hydrogen-bond acceptors (Lipinski definition) is 6. The maximum absolute atomic E-state index is 15.3. The second-order valence-electron chi connectivity index (χ2n) is 10.8. The van der Waals surface area contributed by atoms with E-state index in [0.717, 1.165) is 23.7 Å². The number of anilines is 1. The molecule has 0 radical (unpaired) electrons. The zero-order valence-electron chi connectivity index (χ0n) is 21.6. The third kappa shape index (κ3) is 3.74. The Morgan fingerprint density at radius 3 is 2.76 bits per heavy atom. The molecule has 2 aromatic carbocycles. The van der Waals surface area contributed by atoms with Crippen LogP contribution in [-0.2, 0) is 0 Å². The predicted octanol–water partition coefficient (Wildman–Crippen LogP) is 5.99. The number of fused-ring (bicyclic) bond motifs is 4. The summed E-state index contributed by atoms with van der Waals surface area (Å²) in [6.07, 6.45) is -0.485. The van der Waals surface area contributed by atoms with Gasteiger partial charge in [0.1, 0.15) is 5.69 Å². The van der Waals surface area contributed by atoms with E-state index < -0.39 is 18.1 Å². The molecule has 5 heterocycles. The monoisotopic (exact) mass is 588 g/mol. The Labute approximate surface area is 240 Å². The number of allylic oxidation sites excluding steroid dienone is 1. The van der Waals surface area contributed by atoms with Crippen molar-refractivity contribution in [2.75, 3.05) is 5.73 Å². The van der Waals surface area contributed by atoms with E-state index in [9.17, 15) is 13.6 Å². The van der Waals surface area contributed by atoms with E-state index in [0.29, 0.717) is 50.0 Å². The van der Waals surface area contributed by atoms with E-state index in [1.807, 2.05) is 6.07 Å². The van der Waals surface area contributed by atoms with E-state index in [4.69, 9.17) is 17.3 Å². The normalized spacial score (nSPS) is 20.9. The summed E-state index contributed by atoms with van der Waals surface area (Å²) in [5.74, 6) is 0.0731. The van der Waals surface area contributed by atoms with Crippen LogP contribution in [-0.4, -0.2) is 35.5 Å². The van der Waals surface area contributed by atoms with Gasteiger partial charge < -0.3 is 10.3 Å². The van der Waals surface area contributed by atoms with Crippen LogP contribution in [0.25, 0.3) is 33.3 Å². The molecule has 13 heteroatoms. The van der Waals surface area contributed by atoms with E-state index in [1.165, 1.54) is 10.7 Å². The molecule has 1 fully saturated rings. The Kier molecular flexibility index (Phi) is 5.30. The van der Waals surface area contributed by atoms with Crippen LogP contribution in [0.5, 0.6) is 0 Å². The average Bonchev–Trinajstić information content (AvgIpc) is 3.30. The fraction of sp³-hybridized carbons (Fsp3) is 0.207. The lowest BCUT2D eigenvalue weighted by atomic mass is 9.97. The standard InChI is InChI=1S/C29H20ClF3N8O/c30-14-2-4-23(40-11-22(27(31)32)37-39-40)16(8-14)13-6-24-18-9-19(18)26(41(24)25(42)7-13)21-10-17(28(33)35-21)12-1-3-15-20(5-12)36-38-29(15)34/h1-8,11,18-19,26-27H,9-10H2,(H3,34,36,38)/t18-,19+,26+/m1/s1. The van der Waals surface area contributed by atoms with Gasteiger partial charge in [-0.2, -0.15) is 9.49 Å². The lowest BCUT2D eigenvalue weighted by Crippen LogP contribution is -2.29. The van der Waals surface area contributed by atoms with Crippen molar-refractivity contribution < 1.29 is 13.2 Å². The van der Waals surface area contributed by atoms with Crippen LogP contribution in [0.3, 0.4) is 0 Å². The molecule has 2 aliphatic heterocycles. The minimum Gasteiger partial charge on any atom is -0.382 e. The Balaban J connectivity index is 1.15. The molecule has 0 unspecified atom stereocenters. The highest BCUT2D eigenvalue weighted by atomic mass is 35.5. The molecule has 1 saturated carbocycles. The number of H-pyrrole nitrogens is 1. The lowest BCUT2D eigenvalue weighted by molar-refractivity contribution is 0.146. The minimum atomic E-state index is -2.77. The number of rotatable bonds is 5. The molecule has 1 aliphatic carbocycles. The van der Waals surface area contributed by atoms with Crippen molar-refractivity contribution in [2.24, 2.45) is 10.9 Å². The Morgan fingerprint density at radius 2 is 1.95 bits per heavy atom. The average molecular weight is 589 g/mol. The first-order valence-corrected chi connectivity index (χ1v) is 13.6. The largest absolute Gasteiger partial charge is 0.382 e. The number of aromatic nitrogens is 6. The maximum atomic E-state index is 15.3. The van der Waals surface area contributed by atoms with E-state index in [-0.39, 0.29) is 29.9 Å². The summed E-state index contributed by atoms with van der Waals surface area (Å²) >= 11 is 6.31. The number of alkyl halides is 2. The van der Waals surface area contributed by atoms with Crippen LogP contribution in [0.4, 0.5) is 19.0 Å². The summed E-state index contributed by atoms with van der Waals surface area (Å²) in [4.78, 5) is 18.0. The number of aliphatic imine (C=N–C) groups is 1. The molecule has 0 saturated heterocycles. The van der Waals surface area contributed by atoms with Gasteiger partial charge in [0.15, 0.2) is 5.82 Å². The summed E-state index contributed by atoms with van der Waals surface area (Å²) in [7, 11) is 0. The van der Waals surface area contributed by atoms with Crippen molar-refractivity contribution in [3.8, 4) is 16.8 Å². The smallest absolute Gasteiger partial charge is 0.283 e. The van der Waals surface area contributed by atoms with Gasteiger partial charge in [0.2, 0.25) is 5.95 Å². The Bertz CT molecular complexity index is 2080. The van der Waals surface area contributed by atoms with Crippen molar-refractivity contribution in [1.82, 2.24) is 29.8 Å². The van der Waals surface area contributed by atoms with Gasteiger partial charge in [0, 0.05) is 51.4 Å². The van der Waals surface area contributed by atoms with Crippen molar-refractivity contribution in [2.45, 2.75) is 31.2 Å². The summed E-state index contributed by atoms with van der Waals surface area (Å²) in [5.41, 5.74) is 10.0. The lowest BCUT2D eigenvalue weighted by Gasteiger charge is -2.20. The van der Waals surface area contributed by atoms with Crippen molar-refractivity contribution >= 4 is 39.6 Å².